The summed E-state index contributed by atoms with van der Waals surface area (Å²) in [5.41, 5.74) is 4.04. The Hall–Kier alpha value is -0.750. The molecule has 1 saturated carbocycles. The molecule has 2 aliphatic carbocycles. The summed E-state index contributed by atoms with van der Waals surface area (Å²) in [6.07, 6.45) is 29.8. The molecule has 5 nitrogen and oxygen atoms in total. The van der Waals surface area contributed by atoms with Crippen molar-refractivity contribution < 1.29 is 4.79 Å². The van der Waals surface area contributed by atoms with E-state index in [0.29, 0.717) is 39.8 Å². The van der Waals surface area contributed by atoms with Crippen LogP contribution in [0.5, 0.6) is 0 Å². The van der Waals surface area contributed by atoms with E-state index in [9.17, 15) is 4.79 Å². The second kappa shape index (κ2) is 29.1. The molecule has 0 aromatic rings. The molecule has 0 unspecified atom stereocenters. The van der Waals surface area contributed by atoms with Crippen molar-refractivity contribution in [3.63, 3.8) is 0 Å². The van der Waals surface area contributed by atoms with E-state index in [-0.39, 0.29) is 13.0 Å². The summed E-state index contributed by atoms with van der Waals surface area (Å²) in [5, 5.41) is 0. The Balaban J connectivity index is 0.000000718. The highest BCUT2D eigenvalue weighted by Gasteiger charge is 2.28. The number of carbonyl (C=O) groups excluding carboxylic acids is 1. The summed E-state index contributed by atoms with van der Waals surface area (Å²) in [4.78, 5) is 21.1. The first-order valence-electron chi connectivity index (χ1n) is 26.2. The van der Waals surface area contributed by atoms with Gasteiger partial charge in [0.2, 0.25) is 0 Å². The van der Waals surface area contributed by atoms with E-state index in [1.54, 1.807) is 5.57 Å². The van der Waals surface area contributed by atoms with Crippen LogP contribution in [-0.4, -0.2) is 99.9 Å². The highest BCUT2D eigenvalue weighted by atomic mass is 16.1. The van der Waals surface area contributed by atoms with E-state index in [4.69, 9.17) is 0 Å². The van der Waals surface area contributed by atoms with Gasteiger partial charge in [-0.15, -0.1) is 0 Å². The van der Waals surface area contributed by atoms with Crippen LogP contribution in [0.1, 0.15) is 260 Å². The zero-order chi connectivity index (χ0) is 46.5. The molecule has 5 fully saturated rings. The van der Waals surface area contributed by atoms with Crippen molar-refractivity contribution in [1.29, 1.82) is 0 Å². The average Bonchev–Trinajstić information content (AvgIpc) is 3.19. The number of piperidine rings is 4. The Morgan fingerprint density at radius 3 is 0.952 bits per heavy atom. The minimum absolute atomic E-state index is 0. The minimum Gasteiger partial charge on any atom is -0.298 e. The van der Waals surface area contributed by atoms with Crippen LogP contribution in [-0.2, 0) is 4.79 Å². The van der Waals surface area contributed by atoms with Crippen molar-refractivity contribution >= 4 is 5.78 Å². The van der Waals surface area contributed by atoms with Crippen LogP contribution in [0, 0.1) is 16.7 Å². The first-order chi connectivity index (χ1) is 28.0. The Labute approximate surface area is 392 Å². The zero-order valence-corrected chi connectivity index (χ0v) is 45.2. The van der Waals surface area contributed by atoms with Crippen LogP contribution in [0.4, 0.5) is 0 Å². The van der Waals surface area contributed by atoms with Gasteiger partial charge >= 0.3 is 0 Å². The third-order valence-electron chi connectivity index (χ3n) is 14.2. The topological polar surface area (TPSA) is 30.0 Å². The fourth-order valence-corrected chi connectivity index (χ4v) is 9.59. The van der Waals surface area contributed by atoms with Gasteiger partial charge in [0.1, 0.15) is 5.78 Å². The lowest BCUT2D eigenvalue weighted by Gasteiger charge is -2.38. The standard InChI is InChI=1S/C10H20.C10H18.C9H17NO.3C9H19N.CH4/c2*1-10(2,3)9-7-5-4-6-8-9;1-9(2,3)10-6-4-5-8(11)7-10;3*1-9(2,3)10-7-5-4-6-8-10;/h9H,4-8H2,1-3H3;7H,4-6,8H2,1-3H3;4-7H2,1-3H3;3*4-8H2,1-3H3;1H4. The summed E-state index contributed by atoms with van der Waals surface area (Å²) in [7, 11) is 0. The monoisotopic (exact) mass is 873 g/mol. The molecule has 0 radical (unpaired) electrons. The molecule has 0 bridgehead atoms. The van der Waals surface area contributed by atoms with Crippen molar-refractivity contribution in [3.8, 4) is 0 Å². The zero-order valence-electron chi connectivity index (χ0n) is 45.2. The van der Waals surface area contributed by atoms with E-state index in [0.717, 1.165) is 25.3 Å². The molecular formula is C57H116N4O. The predicted molar refractivity (Wildman–Crippen MR) is 280 cm³/mol. The predicted octanol–water partition coefficient (Wildman–Crippen LogP) is 16.0. The van der Waals surface area contributed by atoms with E-state index in [1.165, 1.54) is 155 Å². The van der Waals surface area contributed by atoms with Gasteiger partial charge in [0, 0.05) is 28.6 Å². The number of ketones is 1. The van der Waals surface area contributed by atoms with E-state index in [1.807, 2.05) is 0 Å². The molecule has 0 aromatic heterocycles. The summed E-state index contributed by atoms with van der Waals surface area (Å²) in [6.45, 7) is 50.9. The summed E-state index contributed by atoms with van der Waals surface area (Å²) in [6, 6.07) is 0. The van der Waals surface area contributed by atoms with Crippen molar-refractivity contribution in [1.82, 2.24) is 19.6 Å². The molecule has 0 N–H and O–H groups in total. The largest absolute Gasteiger partial charge is 0.298 e. The van der Waals surface area contributed by atoms with Crippen molar-refractivity contribution in [2.45, 2.75) is 283 Å². The van der Waals surface area contributed by atoms with Crippen molar-refractivity contribution in [3.05, 3.63) is 11.6 Å². The molecule has 4 heterocycles. The first-order valence-corrected chi connectivity index (χ1v) is 26.2. The summed E-state index contributed by atoms with van der Waals surface area (Å²) < 4.78 is 0. The molecule has 4 saturated heterocycles. The number of likely N-dealkylation sites (tertiary alicyclic amines) is 4. The number of allylic oxidation sites excluding steroid dienone is 2. The molecule has 62 heavy (non-hydrogen) atoms. The lowest BCUT2D eigenvalue weighted by Crippen LogP contribution is -2.47. The fraction of sp³-hybridized carbons (Fsp3) is 0.947. The summed E-state index contributed by atoms with van der Waals surface area (Å²) >= 11 is 0. The Kier molecular flexibility index (Phi) is 28.8. The van der Waals surface area contributed by atoms with Crippen LogP contribution in [0.25, 0.3) is 0 Å². The van der Waals surface area contributed by atoms with E-state index in [2.05, 4.69) is 150 Å². The van der Waals surface area contributed by atoms with Gasteiger partial charge in [-0.05, 0) is 229 Å². The number of carbonyl (C=O) groups is 1. The molecule has 0 aromatic carbocycles. The van der Waals surface area contributed by atoms with Gasteiger partial charge in [-0.2, -0.15) is 0 Å². The molecule has 6 rings (SSSR count). The number of hydrogen-bond donors (Lipinski definition) is 0. The Bertz CT molecular complexity index is 1040. The summed E-state index contributed by atoms with van der Waals surface area (Å²) in [5.74, 6) is 1.40. The van der Waals surface area contributed by atoms with Gasteiger partial charge in [0.15, 0.2) is 0 Å². The van der Waals surface area contributed by atoms with Crippen LogP contribution >= 0.6 is 0 Å². The number of nitrogens with zero attached hydrogens (tertiary/aromatic N) is 4. The lowest BCUT2D eigenvalue weighted by molar-refractivity contribution is -0.123. The third-order valence-corrected chi connectivity index (χ3v) is 14.2. The average molecular weight is 874 g/mol. The molecule has 4 aliphatic heterocycles. The second-order valence-electron chi connectivity index (χ2n) is 25.8. The quantitative estimate of drug-likeness (QED) is 0.226. The third kappa shape index (κ3) is 27.7. The van der Waals surface area contributed by atoms with Crippen LogP contribution in [0.15, 0.2) is 11.6 Å². The molecule has 0 atom stereocenters. The molecule has 5 heteroatoms. The van der Waals surface area contributed by atoms with Crippen molar-refractivity contribution in [2.75, 3.05) is 52.4 Å². The van der Waals surface area contributed by atoms with Crippen LogP contribution in [0.2, 0.25) is 0 Å². The highest BCUT2D eigenvalue weighted by Crippen LogP contribution is 2.37. The molecular weight excluding hydrogens is 757 g/mol. The van der Waals surface area contributed by atoms with Gasteiger partial charge in [-0.3, -0.25) is 24.4 Å². The number of rotatable bonds is 0. The maximum Gasteiger partial charge on any atom is 0.146 e. The van der Waals surface area contributed by atoms with Gasteiger partial charge in [0.05, 0.1) is 6.54 Å². The Morgan fingerprint density at radius 1 is 0.403 bits per heavy atom. The lowest BCUT2D eigenvalue weighted by atomic mass is 9.72. The molecule has 370 valence electrons. The number of Topliss-reactive ketones (excluding diaryl/α,β-unsaturated/α-hetero) is 1. The minimum atomic E-state index is 0. The molecule has 6 aliphatic rings. The second-order valence-corrected chi connectivity index (χ2v) is 25.8. The van der Waals surface area contributed by atoms with E-state index < -0.39 is 0 Å². The van der Waals surface area contributed by atoms with Gasteiger partial charge in [-0.1, -0.05) is 99.1 Å². The SMILES string of the molecule is C.CC(C)(C)C1=CCCCC1.CC(C)(C)C1CCCCC1.CC(C)(C)N1CCCC(=O)C1.CC(C)(C)N1CCCCC1.CC(C)(C)N1CCCCC1.CC(C)(C)N1CCCCC1. The van der Waals surface area contributed by atoms with Crippen LogP contribution in [0.3, 0.4) is 0 Å². The van der Waals surface area contributed by atoms with Gasteiger partial charge in [0.25, 0.3) is 0 Å². The smallest absolute Gasteiger partial charge is 0.146 e. The fourth-order valence-electron chi connectivity index (χ4n) is 9.59. The maximum atomic E-state index is 11.1. The first kappa shape index (κ1) is 61.2. The normalized spacial score (nSPS) is 22.2. The highest BCUT2D eigenvalue weighted by molar-refractivity contribution is 5.81. The van der Waals surface area contributed by atoms with Crippen LogP contribution < -0.4 is 0 Å². The van der Waals surface area contributed by atoms with Gasteiger partial charge < -0.3 is 0 Å². The molecule has 0 spiro atoms. The maximum absolute atomic E-state index is 11.1. The van der Waals surface area contributed by atoms with Crippen molar-refractivity contribution in [2.24, 2.45) is 16.7 Å². The molecule has 0 amide bonds. The van der Waals surface area contributed by atoms with Gasteiger partial charge in [-0.25, -0.2) is 0 Å². The number of hydrogen-bond acceptors (Lipinski definition) is 5. The Morgan fingerprint density at radius 2 is 0.742 bits per heavy atom. The van der Waals surface area contributed by atoms with E-state index >= 15 is 0 Å².